The molecule has 3 nitrogen and oxygen atoms in total. The van der Waals surface area contributed by atoms with Gasteiger partial charge in [0, 0.05) is 17.4 Å². The molecule has 1 aliphatic heterocycles. The third-order valence-electron chi connectivity index (χ3n) is 3.11. The van der Waals surface area contributed by atoms with Gasteiger partial charge >= 0.3 is 0 Å². The first-order chi connectivity index (χ1) is 7.66. The number of quaternary nitrogens is 1. The van der Waals surface area contributed by atoms with Crippen LogP contribution in [-0.4, -0.2) is 18.6 Å². The second-order valence-electron chi connectivity index (χ2n) is 4.29. The first-order valence-corrected chi connectivity index (χ1v) is 5.82. The lowest BCUT2D eigenvalue weighted by Gasteiger charge is -2.09. The second kappa shape index (κ2) is 4.85. The molecule has 1 saturated heterocycles. The molecule has 0 saturated carbocycles. The lowest BCUT2D eigenvalue weighted by atomic mass is 9.97. The van der Waals surface area contributed by atoms with E-state index >= 15 is 0 Å². The van der Waals surface area contributed by atoms with Crippen LogP contribution in [0.2, 0.25) is 5.02 Å². The van der Waals surface area contributed by atoms with Crippen molar-refractivity contribution in [3.8, 4) is 0 Å². The Kier molecular flexibility index (Phi) is 3.46. The van der Waals surface area contributed by atoms with Crippen LogP contribution in [0, 0.1) is 5.92 Å². The highest BCUT2D eigenvalue weighted by Crippen LogP contribution is 2.21. The number of benzene rings is 1. The highest BCUT2D eigenvalue weighted by atomic mass is 35.5. The van der Waals surface area contributed by atoms with Gasteiger partial charge in [-0.2, -0.15) is 0 Å². The van der Waals surface area contributed by atoms with Gasteiger partial charge < -0.3 is 15.2 Å². The number of rotatable bonds is 3. The van der Waals surface area contributed by atoms with Gasteiger partial charge in [-0.25, -0.2) is 0 Å². The minimum Gasteiger partial charge on any atom is -0.544 e. The number of halogens is 1. The summed E-state index contributed by atoms with van der Waals surface area (Å²) in [6, 6.07) is 7.33. The van der Waals surface area contributed by atoms with Crippen LogP contribution >= 0.6 is 11.6 Å². The average molecular weight is 240 g/mol. The van der Waals surface area contributed by atoms with E-state index in [0.29, 0.717) is 12.3 Å². The number of hydrogen-bond donors (Lipinski definition) is 1. The van der Waals surface area contributed by atoms with Gasteiger partial charge in [0.2, 0.25) is 0 Å². The number of aliphatic carboxylic acids is 1. The summed E-state index contributed by atoms with van der Waals surface area (Å²) in [5.41, 5.74) is 1.10. The molecule has 0 radical (unpaired) electrons. The first kappa shape index (κ1) is 11.4. The molecule has 0 spiro atoms. The Morgan fingerprint density at radius 2 is 2.25 bits per heavy atom. The van der Waals surface area contributed by atoms with Crippen molar-refractivity contribution in [3.63, 3.8) is 0 Å². The Bertz CT molecular complexity index is 394. The number of carboxylic acid groups (broad SMARTS) is 1. The largest absolute Gasteiger partial charge is 0.544 e. The lowest BCUT2D eigenvalue weighted by molar-refractivity contribution is -0.666. The normalized spacial score (nSPS) is 24.6. The topological polar surface area (TPSA) is 56.7 Å². The molecule has 1 aromatic rings. The Morgan fingerprint density at radius 3 is 2.88 bits per heavy atom. The van der Waals surface area contributed by atoms with Crippen molar-refractivity contribution >= 4 is 17.6 Å². The molecule has 0 aromatic heterocycles. The van der Waals surface area contributed by atoms with E-state index in [1.54, 1.807) is 0 Å². The van der Waals surface area contributed by atoms with E-state index in [1.807, 2.05) is 29.6 Å². The van der Waals surface area contributed by atoms with Gasteiger partial charge in [-0.15, -0.1) is 0 Å². The molecule has 0 unspecified atom stereocenters. The van der Waals surface area contributed by atoms with Crippen LogP contribution in [0.15, 0.2) is 24.3 Å². The van der Waals surface area contributed by atoms with Crippen LogP contribution in [0.1, 0.15) is 12.0 Å². The molecule has 0 aliphatic carbocycles. The molecular formula is C12H14ClNO2. The third-order valence-corrected chi connectivity index (χ3v) is 3.48. The fourth-order valence-electron chi connectivity index (χ4n) is 2.24. The van der Waals surface area contributed by atoms with Crippen molar-refractivity contribution in [2.45, 2.75) is 18.9 Å². The lowest BCUT2D eigenvalue weighted by Crippen LogP contribution is -2.90. The third kappa shape index (κ3) is 2.54. The molecule has 0 bridgehead atoms. The summed E-state index contributed by atoms with van der Waals surface area (Å²) in [6.45, 7) is 0.837. The highest BCUT2D eigenvalue weighted by Gasteiger charge is 2.29. The molecule has 1 heterocycles. The predicted molar refractivity (Wildman–Crippen MR) is 58.9 cm³/mol. The first-order valence-electron chi connectivity index (χ1n) is 5.44. The Balaban J connectivity index is 1.97. The summed E-state index contributed by atoms with van der Waals surface area (Å²) in [6.07, 6.45) is 1.52. The van der Waals surface area contributed by atoms with Crippen molar-refractivity contribution in [1.82, 2.24) is 0 Å². The number of carboxylic acids is 1. The van der Waals surface area contributed by atoms with E-state index in [2.05, 4.69) is 0 Å². The molecule has 2 rings (SSSR count). The van der Waals surface area contributed by atoms with Gasteiger partial charge in [0.1, 0.15) is 6.04 Å². The maximum atomic E-state index is 10.7. The van der Waals surface area contributed by atoms with E-state index in [1.165, 1.54) is 0 Å². The van der Waals surface area contributed by atoms with Crippen LogP contribution in [-0.2, 0) is 11.2 Å². The van der Waals surface area contributed by atoms with Gasteiger partial charge in [0.25, 0.3) is 0 Å². The summed E-state index contributed by atoms with van der Waals surface area (Å²) in [7, 11) is 0. The standard InChI is InChI=1S/C12H14ClNO2/c13-10-4-2-1-3-9(10)5-8-6-11(12(15)16)14-7-8/h1-4,8,11,14H,5-7H2,(H,15,16)/t8-,11+/m1/s1. The highest BCUT2D eigenvalue weighted by molar-refractivity contribution is 6.31. The Morgan fingerprint density at radius 1 is 1.50 bits per heavy atom. The number of carbonyl (C=O) groups excluding carboxylic acids is 1. The van der Waals surface area contributed by atoms with Gasteiger partial charge in [0.05, 0.1) is 12.5 Å². The zero-order valence-corrected chi connectivity index (χ0v) is 9.61. The molecule has 1 aromatic carbocycles. The molecule has 1 aliphatic rings. The van der Waals surface area contributed by atoms with Crippen LogP contribution in [0.25, 0.3) is 0 Å². The molecule has 2 N–H and O–H groups in total. The van der Waals surface area contributed by atoms with Crippen molar-refractivity contribution < 1.29 is 15.2 Å². The van der Waals surface area contributed by atoms with Crippen LogP contribution < -0.4 is 10.4 Å². The quantitative estimate of drug-likeness (QED) is 0.779. The zero-order valence-electron chi connectivity index (χ0n) is 8.86. The van der Waals surface area contributed by atoms with Gasteiger partial charge in [-0.3, -0.25) is 0 Å². The van der Waals surface area contributed by atoms with E-state index in [0.717, 1.165) is 23.6 Å². The van der Waals surface area contributed by atoms with E-state index in [9.17, 15) is 9.90 Å². The van der Waals surface area contributed by atoms with Crippen LogP contribution in [0.4, 0.5) is 0 Å². The number of nitrogens with two attached hydrogens (primary N) is 1. The molecule has 1 fully saturated rings. The van der Waals surface area contributed by atoms with Crippen molar-refractivity contribution in [2.24, 2.45) is 5.92 Å². The zero-order chi connectivity index (χ0) is 11.5. The summed E-state index contributed by atoms with van der Waals surface area (Å²) in [5.74, 6) is -0.579. The molecule has 0 amide bonds. The number of hydrogen-bond acceptors (Lipinski definition) is 2. The summed E-state index contributed by atoms with van der Waals surface area (Å²) in [4.78, 5) is 10.7. The van der Waals surface area contributed by atoms with Crippen LogP contribution in [0.5, 0.6) is 0 Å². The minimum absolute atomic E-state index is 0.378. The fraction of sp³-hybridized carbons (Fsp3) is 0.417. The minimum atomic E-state index is -0.957. The summed E-state index contributed by atoms with van der Waals surface area (Å²) >= 11 is 6.06. The maximum Gasteiger partial charge on any atom is 0.127 e. The smallest absolute Gasteiger partial charge is 0.127 e. The van der Waals surface area contributed by atoms with E-state index in [4.69, 9.17) is 11.6 Å². The van der Waals surface area contributed by atoms with Crippen LogP contribution in [0.3, 0.4) is 0 Å². The summed E-state index contributed by atoms with van der Waals surface area (Å²) in [5, 5.41) is 13.3. The summed E-state index contributed by atoms with van der Waals surface area (Å²) < 4.78 is 0. The second-order valence-corrected chi connectivity index (χ2v) is 4.70. The molecular weight excluding hydrogens is 226 g/mol. The van der Waals surface area contributed by atoms with Gasteiger partial charge in [-0.05, 0) is 18.1 Å². The fourth-order valence-corrected chi connectivity index (χ4v) is 2.46. The van der Waals surface area contributed by atoms with Gasteiger partial charge in [0.15, 0.2) is 0 Å². The average Bonchev–Trinajstić information content (AvgIpc) is 2.70. The SMILES string of the molecule is O=C([O-])[C@@H]1C[C@@H](Cc2ccccc2Cl)C[NH2+]1. The van der Waals surface area contributed by atoms with Crippen molar-refractivity contribution in [1.29, 1.82) is 0 Å². The molecule has 16 heavy (non-hydrogen) atoms. The monoisotopic (exact) mass is 239 g/mol. The van der Waals surface area contributed by atoms with Crippen molar-refractivity contribution in [2.75, 3.05) is 6.54 Å². The number of carbonyl (C=O) groups is 1. The van der Waals surface area contributed by atoms with E-state index < -0.39 is 5.97 Å². The maximum absolute atomic E-state index is 10.7. The molecule has 2 atom stereocenters. The predicted octanol–water partition coefficient (Wildman–Crippen LogP) is -0.416. The van der Waals surface area contributed by atoms with Crippen molar-refractivity contribution in [3.05, 3.63) is 34.9 Å². The molecule has 4 heteroatoms. The Labute approximate surface area is 99.4 Å². The van der Waals surface area contributed by atoms with Gasteiger partial charge in [-0.1, -0.05) is 29.8 Å². The molecule has 86 valence electrons. The van der Waals surface area contributed by atoms with E-state index in [-0.39, 0.29) is 6.04 Å². The Hall–Kier alpha value is -1.06.